The smallest absolute Gasteiger partial charge is 0.119 e. The van der Waals surface area contributed by atoms with Crippen LogP contribution in [0.5, 0.6) is 5.75 Å². The Hall–Kier alpha value is -1.57. The second-order valence-corrected chi connectivity index (χ2v) is 6.19. The van der Waals surface area contributed by atoms with Crippen LogP contribution in [0.1, 0.15) is 31.7 Å². The average molecular weight is 288 g/mol. The molecule has 1 heterocycles. The molecule has 0 bridgehead atoms. The van der Waals surface area contributed by atoms with Gasteiger partial charge >= 0.3 is 0 Å². The van der Waals surface area contributed by atoms with E-state index in [0.717, 1.165) is 44.6 Å². The first kappa shape index (κ1) is 15.8. The van der Waals surface area contributed by atoms with Crippen molar-refractivity contribution in [2.24, 2.45) is 5.41 Å². The van der Waals surface area contributed by atoms with Crippen LogP contribution < -0.4 is 4.74 Å². The van der Waals surface area contributed by atoms with E-state index in [1.807, 2.05) is 12.1 Å². The second kappa shape index (κ2) is 7.44. The molecule has 1 unspecified atom stereocenters. The van der Waals surface area contributed by atoms with Crippen molar-refractivity contribution in [3.05, 3.63) is 29.8 Å². The number of hydrogen-bond donors (Lipinski definition) is 1. The van der Waals surface area contributed by atoms with Crippen molar-refractivity contribution in [2.45, 2.75) is 26.2 Å². The molecule has 4 heteroatoms. The van der Waals surface area contributed by atoms with E-state index >= 15 is 0 Å². The predicted molar refractivity (Wildman–Crippen MR) is 82.1 cm³/mol. The fourth-order valence-corrected chi connectivity index (χ4v) is 2.85. The summed E-state index contributed by atoms with van der Waals surface area (Å²) in [5.41, 5.74) is 0.714. The molecular weight excluding hydrogens is 264 g/mol. The van der Waals surface area contributed by atoms with E-state index in [-0.39, 0.29) is 12.0 Å². The van der Waals surface area contributed by atoms with Crippen molar-refractivity contribution in [3.63, 3.8) is 0 Å². The van der Waals surface area contributed by atoms with Crippen LogP contribution in [0.2, 0.25) is 0 Å². The Labute approximate surface area is 127 Å². The highest BCUT2D eigenvalue weighted by molar-refractivity contribution is 5.34. The molecule has 0 aromatic heterocycles. The van der Waals surface area contributed by atoms with E-state index in [1.54, 1.807) is 12.1 Å². The van der Waals surface area contributed by atoms with E-state index < -0.39 is 0 Å². The van der Waals surface area contributed by atoms with Crippen molar-refractivity contribution in [1.82, 2.24) is 4.90 Å². The molecule has 1 aliphatic heterocycles. The summed E-state index contributed by atoms with van der Waals surface area (Å²) < 4.78 is 5.69. The Morgan fingerprint density at radius 1 is 1.38 bits per heavy atom. The van der Waals surface area contributed by atoms with Gasteiger partial charge in [-0.15, -0.1) is 0 Å². The molecule has 1 N–H and O–H groups in total. The van der Waals surface area contributed by atoms with Crippen molar-refractivity contribution >= 4 is 0 Å². The number of rotatable bonds is 6. The SMILES string of the molecule is CC1(CO)CCCN(CCCOc2ccc(C#N)cc2)C1. The lowest BCUT2D eigenvalue weighted by atomic mass is 9.83. The Morgan fingerprint density at radius 2 is 2.14 bits per heavy atom. The third-order valence-corrected chi connectivity index (χ3v) is 4.11. The molecule has 1 atom stereocenters. The normalized spacial score (nSPS) is 22.7. The Morgan fingerprint density at radius 3 is 2.81 bits per heavy atom. The van der Waals surface area contributed by atoms with Crippen molar-refractivity contribution in [2.75, 3.05) is 32.8 Å². The molecule has 114 valence electrons. The molecule has 0 aliphatic carbocycles. The van der Waals surface area contributed by atoms with E-state index in [1.165, 1.54) is 0 Å². The van der Waals surface area contributed by atoms with Gasteiger partial charge in [0.2, 0.25) is 0 Å². The van der Waals surface area contributed by atoms with Crippen LogP contribution >= 0.6 is 0 Å². The fourth-order valence-electron chi connectivity index (χ4n) is 2.85. The lowest BCUT2D eigenvalue weighted by Crippen LogP contribution is -2.44. The summed E-state index contributed by atoms with van der Waals surface area (Å²) in [6.45, 7) is 6.20. The minimum absolute atomic E-state index is 0.0617. The molecule has 0 spiro atoms. The van der Waals surface area contributed by atoms with E-state index in [9.17, 15) is 5.11 Å². The average Bonchev–Trinajstić information content (AvgIpc) is 2.52. The van der Waals surface area contributed by atoms with Crippen LogP contribution in [0, 0.1) is 16.7 Å². The Balaban J connectivity index is 1.68. The maximum atomic E-state index is 9.46. The van der Waals surface area contributed by atoms with Crippen molar-refractivity contribution < 1.29 is 9.84 Å². The zero-order valence-electron chi connectivity index (χ0n) is 12.7. The maximum absolute atomic E-state index is 9.46. The zero-order valence-corrected chi connectivity index (χ0v) is 12.7. The van der Waals surface area contributed by atoms with Gasteiger partial charge in [0, 0.05) is 25.1 Å². The number of benzene rings is 1. The summed E-state index contributed by atoms with van der Waals surface area (Å²) in [6.07, 6.45) is 3.25. The van der Waals surface area contributed by atoms with E-state index in [2.05, 4.69) is 17.9 Å². The van der Waals surface area contributed by atoms with Crippen molar-refractivity contribution in [1.29, 1.82) is 5.26 Å². The summed E-state index contributed by atoms with van der Waals surface area (Å²) in [7, 11) is 0. The third kappa shape index (κ3) is 4.73. The van der Waals surface area contributed by atoms with Crippen LogP contribution in [0.25, 0.3) is 0 Å². The Bertz CT molecular complexity index is 481. The number of piperidine rings is 1. The number of aliphatic hydroxyl groups excluding tert-OH is 1. The van der Waals surface area contributed by atoms with Gasteiger partial charge in [-0.3, -0.25) is 0 Å². The number of hydrogen-bond acceptors (Lipinski definition) is 4. The molecule has 21 heavy (non-hydrogen) atoms. The highest BCUT2D eigenvalue weighted by atomic mass is 16.5. The molecule has 2 rings (SSSR count). The van der Waals surface area contributed by atoms with Gasteiger partial charge in [-0.1, -0.05) is 6.92 Å². The molecule has 0 saturated carbocycles. The third-order valence-electron chi connectivity index (χ3n) is 4.11. The minimum Gasteiger partial charge on any atom is -0.494 e. The molecule has 1 saturated heterocycles. The summed E-state index contributed by atoms with van der Waals surface area (Å²) in [6, 6.07) is 9.31. The van der Waals surface area contributed by atoms with Gasteiger partial charge in [0.1, 0.15) is 5.75 Å². The first-order valence-electron chi connectivity index (χ1n) is 7.61. The largest absolute Gasteiger partial charge is 0.494 e. The molecule has 0 radical (unpaired) electrons. The number of ether oxygens (including phenoxy) is 1. The predicted octanol–water partition coefficient (Wildman–Crippen LogP) is 2.42. The van der Waals surface area contributed by atoms with Gasteiger partial charge in [-0.2, -0.15) is 5.26 Å². The van der Waals surface area contributed by atoms with Gasteiger partial charge in [0.05, 0.1) is 18.2 Å². The van der Waals surface area contributed by atoms with Gasteiger partial charge < -0.3 is 14.7 Å². The molecule has 1 aromatic rings. The molecular formula is C17H24N2O2. The van der Waals surface area contributed by atoms with Crippen LogP contribution in [0.4, 0.5) is 0 Å². The Kier molecular flexibility index (Phi) is 5.60. The van der Waals surface area contributed by atoms with Crippen LogP contribution in [0.15, 0.2) is 24.3 Å². The first-order chi connectivity index (χ1) is 10.1. The highest BCUT2D eigenvalue weighted by Gasteiger charge is 2.29. The molecule has 4 nitrogen and oxygen atoms in total. The topological polar surface area (TPSA) is 56.5 Å². The lowest BCUT2D eigenvalue weighted by molar-refractivity contribution is 0.0444. The van der Waals surface area contributed by atoms with E-state index in [4.69, 9.17) is 10.00 Å². The monoisotopic (exact) mass is 288 g/mol. The van der Waals surface area contributed by atoms with Crippen molar-refractivity contribution in [3.8, 4) is 11.8 Å². The van der Waals surface area contributed by atoms with Crippen LogP contribution in [-0.2, 0) is 0 Å². The number of likely N-dealkylation sites (tertiary alicyclic amines) is 1. The molecule has 1 fully saturated rings. The number of aliphatic hydroxyl groups is 1. The van der Waals surface area contributed by atoms with Gasteiger partial charge in [-0.25, -0.2) is 0 Å². The van der Waals surface area contributed by atoms with Crippen LogP contribution in [-0.4, -0.2) is 42.9 Å². The van der Waals surface area contributed by atoms with Crippen LogP contribution in [0.3, 0.4) is 0 Å². The quantitative estimate of drug-likeness (QED) is 0.817. The second-order valence-electron chi connectivity index (χ2n) is 6.19. The fraction of sp³-hybridized carbons (Fsp3) is 0.588. The molecule has 1 aliphatic rings. The minimum atomic E-state index is 0.0617. The summed E-state index contributed by atoms with van der Waals surface area (Å²) in [5, 5.41) is 18.2. The maximum Gasteiger partial charge on any atom is 0.119 e. The summed E-state index contributed by atoms with van der Waals surface area (Å²) in [4.78, 5) is 2.42. The molecule has 1 aromatic carbocycles. The highest BCUT2D eigenvalue weighted by Crippen LogP contribution is 2.28. The molecule has 0 amide bonds. The van der Waals surface area contributed by atoms with Gasteiger partial charge in [0.25, 0.3) is 0 Å². The van der Waals surface area contributed by atoms with Gasteiger partial charge in [-0.05, 0) is 50.1 Å². The lowest BCUT2D eigenvalue weighted by Gasteiger charge is -2.39. The standard InChI is InChI=1S/C17H24N2O2/c1-17(14-20)8-2-9-19(13-17)10-3-11-21-16-6-4-15(12-18)5-7-16/h4-7,20H,2-3,8-11,13-14H2,1H3. The summed E-state index contributed by atoms with van der Waals surface area (Å²) >= 11 is 0. The number of nitrogens with zero attached hydrogens (tertiary/aromatic N) is 2. The van der Waals surface area contributed by atoms with Gasteiger partial charge in [0.15, 0.2) is 0 Å². The summed E-state index contributed by atoms with van der Waals surface area (Å²) in [5.74, 6) is 0.813. The number of nitriles is 1. The van der Waals surface area contributed by atoms with E-state index in [0.29, 0.717) is 12.2 Å². The zero-order chi connectivity index (χ0) is 15.1. The first-order valence-corrected chi connectivity index (χ1v) is 7.61.